The van der Waals surface area contributed by atoms with Crippen molar-refractivity contribution in [3.05, 3.63) is 59.7 Å². The summed E-state index contributed by atoms with van der Waals surface area (Å²) >= 11 is 0. The third-order valence-electron chi connectivity index (χ3n) is 4.22. The summed E-state index contributed by atoms with van der Waals surface area (Å²) in [7, 11) is -2.39. The van der Waals surface area contributed by atoms with Crippen molar-refractivity contribution in [2.24, 2.45) is 0 Å². The molecule has 0 aromatic heterocycles. The second-order valence-corrected chi connectivity index (χ2v) is 8.20. The molecule has 2 atom stereocenters. The number of hydrogen-bond acceptors (Lipinski definition) is 4. The Labute approximate surface area is 163 Å². The molecule has 0 spiro atoms. The molecule has 0 bridgehead atoms. The van der Waals surface area contributed by atoms with Crippen LogP contribution in [0.4, 0.5) is 14.5 Å². The molecule has 0 saturated carbocycles. The number of carbonyl (C=O) groups is 1. The highest BCUT2D eigenvalue weighted by molar-refractivity contribution is 7.92. The van der Waals surface area contributed by atoms with Gasteiger partial charge in [0.1, 0.15) is 11.8 Å². The molecule has 9 heteroatoms. The predicted molar refractivity (Wildman–Crippen MR) is 103 cm³/mol. The summed E-state index contributed by atoms with van der Waals surface area (Å²) in [4.78, 5) is 12.7. The number of carbonyl (C=O) groups excluding carboxylic acids is 1. The van der Waals surface area contributed by atoms with Crippen LogP contribution in [0.2, 0.25) is 0 Å². The van der Waals surface area contributed by atoms with Crippen LogP contribution in [0, 0.1) is 11.6 Å². The Balaban J connectivity index is 2.24. The van der Waals surface area contributed by atoms with Crippen molar-refractivity contribution in [1.29, 1.82) is 0 Å². The summed E-state index contributed by atoms with van der Waals surface area (Å²) in [5.41, 5.74) is 0.654. The van der Waals surface area contributed by atoms with Gasteiger partial charge in [0.15, 0.2) is 11.6 Å². The van der Waals surface area contributed by atoms with E-state index in [0.717, 1.165) is 34.3 Å². The monoisotopic (exact) mass is 412 g/mol. The lowest BCUT2D eigenvalue weighted by molar-refractivity contribution is -0.122. The largest absolute Gasteiger partial charge is 0.497 e. The minimum absolute atomic E-state index is 0.138. The number of ether oxygens (including phenoxy) is 1. The van der Waals surface area contributed by atoms with Crippen molar-refractivity contribution in [2.75, 3.05) is 17.7 Å². The molecule has 0 aliphatic rings. The third kappa shape index (κ3) is 4.98. The van der Waals surface area contributed by atoms with Crippen LogP contribution in [0.25, 0.3) is 0 Å². The van der Waals surface area contributed by atoms with Gasteiger partial charge in [-0.2, -0.15) is 0 Å². The van der Waals surface area contributed by atoms with Crippen LogP contribution in [0.1, 0.15) is 25.5 Å². The van der Waals surface area contributed by atoms with Crippen molar-refractivity contribution in [1.82, 2.24) is 5.32 Å². The zero-order valence-electron chi connectivity index (χ0n) is 15.9. The van der Waals surface area contributed by atoms with Gasteiger partial charge in [-0.1, -0.05) is 12.1 Å². The van der Waals surface area contributed by atoms with Crippen molar-refractivity contribution in [3.63, 3.8) is 0 Å². The van der Waals surface area contributed by atoms with Crippen LogP contribution < -0.4 is 14.4 Å². The molecule has 6 nitrogen and oxygen atoms in total. The molecule has 0 unspecified atom stereocenters. The molecule has 0 aliphatic carbocycles. The fraction of sp³-hybridized carbons (Fsp3) is 0.316. The van der Waals surface area contributed by atoms with Crippen LogP contribution in [0.3, 0.4) is 0 Å². The molecule has 0 aliphatic heterocycles. The van der Waals surface area contributed by atoms with Crippen LogP contribution >= 0.6 is 0 Å². The Hall–Kier alpha value is -2.68. The SMILES string of the molecule is COc1ccc([C@@H](C)NC(=O)[C@@H](C)N(c2ccc(F)c(F)c2)S(C)(=O)=O)cc1. The molecular weight excluding hydrogens is 390 g/mol. The fourth-order valence-electron chi connectivity index (χ4n) is 2.74. The van der Waals surface area contributed by atoms with Gasteiger partial charge >= 0.3 is 0 Å². The first-order valence-corrected chi connectivity index (χ1v) is 10.3. The fourth-order valence-corrected chi connectivity index (χ4v) is 3.91. The van der Waals surface area contributed by atoms with Gasteiger partial charge in [0.25, 0.3) is 0 Å². The predicted octanol–water partition coefficient (Wildman–Crippen LogP) is 3.01. The Morgan fingerprint density at radius 3 is 2.18 bits per heavy atom. The summed E-state index contributed by atoms with van der Waals surface area (Å²) < 4.78 is 57.1. The van der Waals surface area contributed by atoms with Crippen molar-refractivity contribution in [2.45, 2.75) is 25.9 Å². The number of hydrogen-bond donors (Lipinski definition) is 1. The lowest BCUT2D eigenvalue weighted by Crippen LogP contribution is -2.48. The van der Waals surface area contributed by atoms with E-state index >= 15 is 0 Å². The van der Waals surface area contributed by atoms with Crippen LogP contribution in [-0.4, -0.2) is 33.7 Å². The van der Waals surface area contributed by atoms with Crippen LogP contribution in [-0.2, 0) is 14.8 Å². The molecule has 0 radical (unpaired) electrons. The van der Waals surface area contributed by atoms with Crippen molar-refractivity contribution >= 4 is 21.6 Å². The number of benzene rings is 2. The molecule has 2 rings (SSSR count). The number of sulfonamides is 1. The zero-order valence-corrected chi connectivity index (χ0v) is 16.8. The lowest BCUT2D eigenvalue weighted by Gasteiger charge is -2.29. The Morgan fingerprint density at radius 2 is 1.68 bits per heavy atom. The highest BCUT2D eigenvalue weighted by atomic mass is 32.2. The van der Waals surface area contributed by atoms with Gasteiger partial charge in [-0.05, 0) is 43.7 Å². The minimum Gasteiger partial charge on any atom is -0.497 e. The van der Waals surface area contributed by atoms with E-state index in [0.29, 0.717) is 5.75 Å². The number of halogens is 2. The Kier molecular flexibility index (Phi) is 6.60. The third-order valence-corrected chi connectivity index (χ3v) is 5.46. The van der Waals surface area contributed by atoms with E-state index in [4.69, 9.17) is 4.74 Å². The summed E-state index contributed by atoms with van der Waals surface area (Å²) in [6.45, 7) is 3.12. The van der Waals surface area contributed by atoms with Gasteiger partial charge < -0.3 is 10.1 Å². The molecule has 0 fully saturated rings. The normalized spacial score (nSPS) is 13.5. The van der Waals surface area contributed by atoms with Gasteiger partial charge in [0.05, 0.1) is 25.1 Å². The summed E-state index contributed by atoms with van der Waals surface area (Å²) in [6, 6.07) is 8.11. The highest BCUT2D eigenvalue weighted by Crippen LogP contribution is 2.24. The molecule has 0 saturated heterocycles. The molecule has 152 valence electrons. The maximum atomic E-state index is 13.6. The van der Waals surface area contributed by atoms with E-state index < -0.39 is 39.6 Å². The standard InChI is InChI=1S/C19H22F2N2O4S/c1-12(14-5-8-16(27-3)9-6-14)22-19(24)13(2)23(28(4,25)26)15-7-10-17(20)18(21)11-15/h5-13H,1-4H3,(H,22,24)/t12-,13-/m1/s1. The van der Waals surface area contributed by atoms with Gasteiger partial charge in [-0.3, -0.25) is 9.10 Å². The van der Waals surface area contributed by atoms with Gasteiger partial charge in [0, 0.05) is 6.07 Å². The van der Waals surface area contributed by atoms with Crippen LogP contribution in [0.15, 0.2) is 42.5 Å². The molecule has 1 N–H and O–H groups in total. The highest BCUT2D eigenvalue weighted by Gasteiger charge is 2.30. The maximum absolute atomic E-state index is 13.6. The first-order valence-electron chi connectivity index (χ1n) is 8.43. The Bertz CT molecular complexity index is 949. The minimum atomic E-state index is -3.93. The quantitative estimate of drug-likeness (QED) is 0.759. The summed E-state index contributed by atoms with van der Waals surface area (Å²) in [5, 5.41) is 2.73. The molecule has 28 heavy (non-hydrogen) atoms. The maximum Gasteiger partial charge on any atom is 0.244 e. The second kappa shape index (κ2) is 8.55. The summed E-state index contributed by atoms with van der Waals surface area (Å²) in [6.07, 6.45) is 0.894. The lowest BCUT2D eigenvalue weighted by atomic mass is 10.1. The Morgan fingerprint density at radius 1 is 1.07 bits per heavy atom. The average Bonchev–Trinajstić information content (AvgIpc) is 2.63. The van der Waals surface area contributed by atoms with E-state index in [2.05, 4.69) is 5.32 Å². The number of methoxy groups -OCH3 is 1. The van der Waals surface area contributed by atoms with Crippen molar-refractivity contribution in [3.8, 4) is 5.75 Å². The number of nitrogens with one attached hydrogen (secondary N) is 1. The first kappa shape index (κ1) is 21.6. The van der Waals surface area contributed by atoms with E-state index in [9.17, 15) is 22.0 Å². The summed E-state index contributed by atoms with van der Waals surface area (Å²) in [5.74, 6) is -2.23. The molecular formula is C19H22F2N2O4S. The van der Waals surface area contributed by atoms with Crippen LogP contribution in [0.5, 0.6) is 5.75 Å². The van der Waals surface area contributed by atoms with Gasteiger partial charge in [0.2, 0.25) is 15.9 Å². The zero-order chi connectivity index (χ0) is 21.1. The number of anilines is 1. The van der Waals surface area contributed by atoms with E-state index in [-0.39, 0.29) is 5.69 Å². The first-order chi connectivity index (χ1) is 13.0. The van der Waals surface area contributed by atoms with Gasteiger partial charge in [-0.15, -0.1) is 0 Å². The second-order valence-electron chi connectivity index (χ2n) is 6.34. The van der Waals surface area contributed by atoms with Crippen molar-refractivity contribution < 1.29 is 26.7 Å². The number of amides is 1. The number of rotatable bonds is 7. The molecule has 2 aromatic rings. The van der Waals surface area contributed by atoms with E-state index in [1.807, 2.05) is 0 Å². The van der Waals surface area contributed by atoms with E-state index in [1.54, 1.807) is 38.3 Å². The average molecular weight is 412 g/mol. The molecule has 0 heterocycles. The topological polar surface area (TPSA) is 75.7 Å². The number of nitrogens with zero attached hydrogens (tertiary/aromatic N) is 1. The molecule has 1 amide bonds. The van der Waals surface area contributed by atoms with Gasteiger partial charge in [-0.25, -0.2) is 17.2 Å². The molecule has 2 aromatic carbocycles. The smallest absolute Gasteiger partial charge is 0.244 e. The van der Waals surface area contributed by atoms with E-state index in [1.165, 1.54) is 6.92 Å².